The van der Waals surface area contributed by atoms with Crippen LogP contribution >= 0.6 is 11.6 Å². The first-order valence-electron chi connectivity index (χ1n) is 13.2. The van der Waals surface area contributed by atoms with E-state index in [4.69, 9.17) is 16.3 Å². The van der Waals surface area contributed by atoms with Crippen LogP contribution < -0.4 is 14.8 Å². The summed E-state index contributed by atoms with van der Waals surface area (Å²) in [4.78, 5) is 29.5. The predicted molar refractivity (Wildman–Crippen MR) is 158 cm³/mol. The van der Waals surface area contributed by atoms with Crippen LogP contribution in [0.25, 0.3) is 0 Å². The normalized spacial score (nSPS) is 17.8. The molecule has 3 aromatic rings. The van der Waals surface area contributed by atoms with Gasteiger partial charge >= 0.3 is 6.03 Å². The van der Waals surface area contributed by atoms with E-state index in [0.717, 1.165) is 0 Å². The maximum absolute atomic E-state index is 13.7. The maximum atomic E-state index is 13.7. The molecular formula is C29H32ClFN4O6S. The van der Waals surface area contributed by atoms with Gasteiger partial charge in [-0.25, -0.2) is 17.6 Å². The van der Waals surface area contributed by atoms with Crippen molar-refractivity contribution in [2.24, 2.45) is 5.92 Å². The van der Waals surface area contributed by atoms with Crippen molar-refractivity contribution in [1.82, 2.24) is 9.80 Å². The van der Waals surface area contributed by atoms with Gasteiger partial charge in [0.05, 0.1) is 35.3 Å². The number of fused-ring (bicyclic) bond motifs is 1. The summed E-state index contributed by atoms with van der Waals surface area (Å²) in [5.74, 6) is -1.22. The Bertz CT molecular complexity index is 1540. The molecule has 4 rings (SSSR count). The number of aliphatic hydroxyl groups is 1. The highest BCUT2D eigenvalue weighted by molar-refractivity contribution is 7.92. The molecule has 13 heteroatoms. The molecule has 0 aromatic heterocycles. The van der Waals surface area contributed by atoms with Gasteiger partial charge in [0.25, 0.3) is 15.9 Å². The molecular weight excluding hydrogens is 587 g/mol. The SMILES string of the molecule is C[C@@H]1CN([C@@H](C)CO)C(=O)c2cccc(NS(=O)(=O)c3ccc(Cl)cc3)c2O[C@@H]1CN(C)C(=O)Nc1ccc(F)cc1. The number of amides is 3. The van der Waals surface area contributed by atoms with Crippen molar-refractivity contribution < 1.29 is 32.2 Å². The summed E-state index contributed by atoms with van der Waals surface area (Å²) in [5, 5.41) is 12.9. The number of hydrogen-bond acceptors (Lipinski definition) is 6. The van der Waals surface area contributed by atoms with Crippen molar-refractivity contribution in [2.45, 2.75) is 30.9 Å². The molecule has 1 aliphatic heterocycles. The molecule has 0 saturated carbocycles. The predicted octanol–water partition coefficient (Wildman–Crippen LogP) is 4.66. The highest BCUT2D eigenvalue weighted by atomic mass is 35.5. The molecule has 3 N–H and O–H groups in total. The zero-order chi connectivity index (χ0) is 30.6. The molecule has 3 atom stereocenters. The Morgan fingerprint density at radius 1 is 1.17 bits per heavy atom. The quantitative estimate of drug-likeness (QED) is 0.337. The second kappa shape index (κ2) is 13.0. The lowest BCUT2D eigenvalue weighted by molar-refractivity contribution is 0.0373. The van der Waals surface area contributed by atoms with Gasteiger partial charge in [0, 0.05) is 30.2 Å². The van der Waals surface area contributed by atoms with Crippen molar-refractivity contribution in [2.75, 3.05) is 36.8 Å². The number of hydrogen-bond donors (Lipinski definition) is 3. The fourth-order valence-corrected chi connectivity index (χ4v) is 5.65. The summed E-state index contributed by atoms with van der Waals surface area (Å²) in [7, 11) is -2.54. The average Bonchev–Trinajstić information content (AvgIpc) is 2.96. The van der Waals surface area contributed by atoms with Crippen LogP contribution in [0.5, 0.6) is 5.75 Å². The first kappa shape index (κ1) is 31.1. The van der Waals surface area contributed by atoms with Crippen molar-refractivity contribution in [3.63, 3.8) is 0 Å². The maximum Gasteiger partial charge on any atom is 0.321 e. The van der Waals surface area contributed by atoms with Crippen molar-refractivity contribution in [3.8, 4) is 5.75 Å². The van der Waals surface area contributed by atoms with Gasteiger partial charge in [-0.3, -0.25) is 9.52 Å². The number of halogens is 2. The van der Waals surface area contributed by atoms with Crippen molar-refractivity contribution in [3.05, 3.63) is 83.1 Å². The van der Waals surface area contributed by atoms with E-state index in [1.165, 1.54) is 76.5 Å². The molecule has 0 spiro atoms. The summed E-state index contributed by atoms with van der Waals surface area (Å²) in [5.41, 5.74) is 0.532. The molecule has 224 valence electrons. The highest BCUT2D eigenvalue weighted by Crippen LogP contribution is 2.36. The average molecular weight is 619 g/mol. The number of ether oxygens (including phenoxy) is 1. The van der Waals surface area contributed by atoms with Crippen LogP contribution in [-0.2, 0) is 10.0 Å². The Kier molecular flexibility index (Phi) is 9.60. The van der Waals surface area contributed by atoms with Crippen LogP contribution in [0.2, 0.25) is 5.02 Å². The zero-order valence-corrected chi connectivity index (χ0v) is 24.8. The molecule has 0 radical (unpaired) electrons. The minimum atomic E-state index is -4.10. The number of para-hydroxylation sites is 1. The van der Waals surface area contributed by atoms with E-state index in [1.807, 2.05) is 6.92 Å². The fourth-order valence-electron chi connectivity index (χ4n) is 4.46. The van der Waals surface area contributed by atoms with Crippen LogP contribution in [0.4, 0.5) is 20.6 Å². The zero-order valence-electron chi connectivity index (χ0n) is 23.3. The topological polar surface area (TPSA) is 128 Å². The van der Waals surface area contributed by atoms with Gasteiger partial charge in [-0.15, -0.1) is 0 Å². The second-order valence-electron chi connectivity index (χ2n) is 10.2. The molecule has 0 aliphatic carbocycles. The number of aliphatic hydroxyl groups excluding tert-OH is 1. The lowest BCUT2D eigenvalue weighted by Gasteiger charge is -2.38. The number of urea groups is 1. The smallest absolute Gasteiger partial charge is 0.321 e. The van der Waals surface area contributed by atoms with Crippen molar-refractivity contribution in [1.29, 1.82) is 0 Å². The molecule has 1 aliphatic rings. The molecule has 0 unspecified atom stereocenters. The number of carbonyl (C=O) groups excluding carboxylic acids is 2. The molecule has 10 nitrogen and oxygen atoms in total. The van der Waals surface area contributed by atoms with E-state index in [9.17, 15) is 27.5 Å². The Labute approximate surface area is 249 Å². The minimum absolute atomic E-state index is 0.000860. The summed E-state index contributed by atoms with van der Waals surface area (Å²) in [6.45, 7) is 3.52. The lowest BCUT2D eigenvalue weighted by atomic mass is 9.99. The third-order valence-corrected chi connectivity index (χ3v) is 8.59. The summed E-state index contributed by atoms with van der Waals surface area (Å²) >= 11 is 5.92. The number of sulfonamides is 1. The van der Waals surface area contributed by atoms with E-state index in [1.54, 1.807) is 14.0 Å². The van der Waals surface area contributed by atoms with Gasteiger partial charge in [-0.2, -0.15) is 0 Å². The third kappa shape index (κ3) is 7.12. The van der Waals surface area contributed by atoms with Gasteiger partial charge in [-0.1, -0.05) is 24.6 Å². The first-order chi connectivity index (χ1) is 19.9. The van der Waals surface area contributed by atoms with E-state index >= 15 is 0 Å². The third-order valence-electron chi connectivity index (χ3n) is 6.96. The van der Waals surface area contributed by atoms with Crippen molar-refractivity contribution >= 4 is 44.9 Å². The monoisotopic (exact) mass is 618 g/mol. The van der Waals surface area contributed by atoms with Crippen LogP contribution in [0, 0.1) is 11.7 Å². The lowest BCUT2D eigenvalue weighted by Crippen LogP contribution is -2.50. The van der Waals surface area contributed by atoms with E-state index < -0.39 is 39.9 Å². The van der Waals surface area contributed by atoms with Crippen LogP contribution in [-0.4, -0.2) is 74.2 Å². The number of benzene rings is 3. The Hall–Kier alpha value is -3.87. The van der Waals surface area contributed by atoms with E-state index in [0.29, 0.717) is 10.7 Å². The van der Waals surface area contributed by atoms with Crippen LogP contribution in [0.3, 0.4) is 0 Å². The Balaban J connectivity index is 1.68. The van der Waals surface area contributed by atoms with Gasteiger partial charge in [0.1, 0.15) is 11.9 Å². The van der Waals surface area contributed by atoms with Gasteiger partial charge in [0.2, 0.25) is 0 Å². The molecule has 0 fully saturated rings. The second-order valence-corrected chi connectivity index (χ2v) is 12.3. The molecule has 1 heterocycles. The molecule has 0 saturated heterocycles. The molecule has 3 amide bonds. The number of rotatable bonds is 8. The Morgan fingerprint density at radius 2 is 1.83 bits per heavy atom. The number of nitrogens with one attached hydrogen (secondary N) is 2. The van der Waals surface area contributed by atoms with Gasteiger partial charge < -0.3 is 25.0 Å². The highest BCUT2D eigenvalue weighted by Gasteiger charge is 2.35. The molecule has 3 aromatic carbocycles. The summed E-state index contributed by atoms with van der Waals surface area (Å²) in [6, 6.07) is 14.4. The number of nitrogens with zero attached hydrogens (tertiary/aromatic N) is 2. The van der Waals surface area contributed by atoms with Gasteiger partial charge in [0.15, 0.2) is 5.75 Å². The largest absolute Gasteiger partial charge is 0.485 e. The Morgan fingerprint density at radius 3 is 2.48 bits per heavy atom. The minimum Gasteiger partial charge on any atom is -0.485 e. The number of carbonyl (C=O) groups is 2. The van der Waals surface area contributed by atoms with Crippen LogP contribution in [0.1, 0.15) is 24.2 Å². The first-order valence-corrected chi connectivity index (χ1v) is 15.0. The summed E-state index contributed by atoms with van der Waals surface area (Å²) < 4.78 is 48.7. The number of anilines is 2. The van der Waals surface area contributed by atoms with E-state index in [-0.39, 0.29) is 47.5 Å². The fraction of sp³-hybridized carbons (Fsp3) is 0.310. The summed E-state index contributed by atoms with van der Waals surface area (Å²) in [6.07, 6.45) is -0.699. The van der Waals surface area contributed by atoms with Crippen LogP contribution in [0.15, 0.2) is 71.6 Å². The molecule has 0 bridgehead atoms. The number of likely N-dealkylation sites (N-methyl/N-ethyl adjacent to an activating group) is 1. The van der Waals surface area contributed by atoms with Gasteiger partial charge in [-0.05, 0) is 67.6 Å². The molecule has 42 heavy (non-hydrogen) atoms. The standard InChI is InChI=1S/C29H32ClFN4O6S/c1-18-15-35(19(2)17-36)28(37)24-5-4-6-25(33-42(39,40)23-13-7-20(30)8-14-23)27(24)41-26(18)16-34(3)29(38)32-22-11-9-21(31)10-12-22/h4-14,18-19,26,33,36H,15-17H2,1-3H3,(H,32,38)/t18-,19+,26-/m1/s1. The van der Waals surface area contributed by atoms with E-state index in [2.05, 4.69) is 10.0 Å².